The lowest BCUT2D eigenvalue weighted by atomic mass is 10.2. The van der Waals surface area contributed by atoms with E-state index in [1.54, 1.807) is 11.3 Å². The van der Waals surface area contributed by atoms with Crippen molar-refractivity contribution in [2.75, 3.05) is 0 Å². The van der Waals surface area contributed by atoms with Crippen molar-refractivity contribution < 1.29 is 0 Å². The van der Waals surface area contributed by atoms with Crippen LogP contribution >= 0.6 is 11.3 Å². The summed E-state index contributed by atoms with van der Waals surface area (Å²) in [4.78, 5) is 4.37. The fraction of sp³-hybridized carbons (Fsp3) is 0.417. The first-order valence-corrected chi connectivity index (χ1v) is 6.35. The molecule has 2 heterocycles. The van der Waals surface area contributed by atoms with Crippen LogP contribution in [0.2, 0.25) is 0 Å². The van der Waals surface area contributed by atoms with Gasteiger partial charge in [0.05, 0.1) is 0 Å². The van der Waals surface area contributed by atoms with E-state index in [-0.39, 0.29) is 0 Å². The van der Waals surface area contributed by atoms with Gasteiger partial charge in [-0.05, 0) is 35.2 Å². The zero-order chi connectivity index (χ0) is 10.5. The van der Waals surface area contributed by atoms with E-state index in [0.717, 1.165) is 25.8 Å². The van der Waals surface area contributed by atoms with E-state index in [0.29, 0.717) is 0 Å². The third-order valence-electron chi connectivity index (χ3n) is 2.50. The second-order valence-electron chi connectivity index (χ2n) is 3.67. The number of aromatic nitrogens is 2. The highest BCUT2D eigenvalue weighted by molar-refractivity contribution is 7.07. The molecule has 0 saturated carbocycles. The summed E-state index contributed by atoms with van der Waals surface area (Å²) in [7, 11) is 0. The van der Waals surface area contributed by atoms with Crippen molar-refractivity contribution in [2.45, 2.75) is 32.7 Å². The highest BCUT2D eigenvalue weighted by atomic mass is 32.1. The van der Waals surface area contributed by atoms with Gasteiger partial charge >= 0.3 is 0 Å². The van der Waals surface area contributed by atoms with Gasteiger partial charge in [-0.3, -0.25) is 0 Å². The Balaban J connectivity index is 1.95. The normalized spacial score (nSPS) is 10.7. The number of hydrogen-bond acceptors (Lipinski definition) is 2. The lowest BCUT2D eigenvalue weighted by Crippen LogP contribution is -2.04. The van der Waals surface area contributed by atoms with Crippen LogP contribution in [0, 0.1) is 0 Å². The zero-order valence-electron chi connectivity index (χ0n) is 9.02. The summed E-state index contributed by atoms with van der Waals surface area (Å²) in [6.45, 7) is 3.24. The van der Waals surface area contributed by atoms with Gasteiger partial charge in [-0.2, -0.15) is 11.3 Å². The Morgan fingerprint density at radius 1 is 1.40 bits per heavy atom. The first kappa shape index (κ1) is 10.4. The Hall–Kier alpha value is -1.09. The second kappa shape index (κ2) is 5.12. The molecule has 80 valence electrons. The smallest absolute Gasteiger partial charge is 0.108 e. The van der Waals surface area contributed by atoms with E-state index in [4.69, 9.17) is 0 Å². The molecule has 0 spiro atoms. The molecule has 15 heavy (non-hydrogen) atoms. The molecule has 0 bridgehead atoms. The van der Waals surface area contributed by atoms with Gasteiger partial charge in [0.25, 0.3) is 0 Å². The minimum atomic E-state index is 1.05. The van der Waals surface area contributed by atoms with E-state index < -0.39 is 0 Å². The van der Waals surface area contributed by atoms with Gasteiger partial charge in [-0.15, -0.1) is 0 Å². The summed E-state index contributed by atoms with van der Waals surface area (Å²) >= 11 is 1.77. The van der Waals surface area contributed by atoms with E-state index in [1.807, 2.05) is 6.20 Å². The van der Waals surface area contributed by atoms with Crippen LogP contribution in [0.1, 0.15) is 24.7 Å². The zero-order valence-corrected chi connectivity index (χ0v) is 9.83. The quantitative estimate of drug-likeness (QED) is 0.757. The van der Waals surface area contributed by atoms with Crippen LogP contribution in [0.3, 0.4) is 0 Å². The van der Waals surface area contributed by atoms with Crippen LogP contribution in [0.4, 0.5) is 0 Å². The molecule has 0 N–H and O–H groups in total. The van der Waals surface area contributed by atoms with Crippen molar-refractivity contribution in [3.8, 4) is 0 Å². The first-order chi connectivity index (χ1) is 7.40. The maximum absolute atomic E-state index is 4.37. The molecule has 0 unspecified atom stereocenters. The van der Waals surface area contributed by atoms with Crippen molar-refractivity contribution in [3.63, 3.8) is 0 Å². The highest BCUT2D eigenvalue weighted by Gasteiger charge is 2.01. The Labute approximate surface area is 94.6 Å². The Morgan fingerprint density at radius 2 is 2.33 bits per heavy atom. The third-order valence-corrected chi connectivity index (χ3v) is 3.23. The largest absolute Gasteiger partial charge is 0.335 e. The monoisotopic (exact) mass is 220 g/mol. The molecule has 2 rings (SSSR count). The second-order valence-corrected chi connectivity index (χ2v) is 4.45. The number of rotatable bonds is 5. The molecule has 0 aromatic carbocycles. The van der Waals surface area contributed by atoms with Crippen LogP contribution in [-0.4, -0.2) is 9.55 Å². The van der Waals surface area contributed by atoms with Gasteiger partial charge in [0.1, 0.15) is 5.82 Å². The fourth-order valence-corrected chi connectivity index (χ4v) is 2.38. The fourth-order valence-electron chi connectivity index (χ4n) is 1.68. The van der Waals surface area contributed by atoms with Gasteiger partial charge in [-0.1, -0.05) is 6.92 Å². The summed E-state index contributed by atoms with van der Waals surface area (Å²) in [5.41, 5.74) is 1.43. The maximum Gasteiger partial charge on any atom is 0.108 e. The van der Waals surface area contributed by atoms with E-state index >= 15 is 0 Å². The molecular weight excluding hydrogens is 204 g/mol. The van der Waals surface area contributed by atoms with Crippen LogP contribution in [-0.2, 0) is 19.4 Å². The molecule has 2 nitrogen and oxygen atoms in total. The average molecular weight is 220 g/mol. The van der Waals surface area contributed by atoms with Gasteiger partial charge in [0.2, 0.25) is 0 Å². The van der Waals surface area contributed by atoms with Crippen molar-refractivity contribution >= 4 is 11.3 Å². The molecule has 0 atom stereocenters. The van der Waals surface area contributed by atoms with Crippen LogP contribution in [0.25, 0.3) is 0 Å². The molecule has 2 aromatic rings. The lowest BCUT2D eigenvalue weighted by Gasteiger charge is -2.05. The number of thiophene rings is 1. The Bertz CT molecular complexity index is 389. The van der Waals surface area contributed by atoms with Gasteiger partial charge < -0.3 is 4.57 Å². The summed E-state index contributed by atoms with van der Waals surface area (Å²) < 4.78 is 2.27. The maximum atomic E-state index is 4.37. The van der Waals surface area contributed by atoms with Crippen molar-refractivity contribution in [1.29, 1.82) is 0 Å². The molecule has 0 aliphatic carbocycles. The number of imidazole rings is 1. The number of hydrogen-bond donors (Lipinski definition) is 0. The minimum absolute atomic E-state index is 1.05. The number of nitrogens with zero attached hydrogens (tertiary/aromatic N) is 2. The molecule has 0 aliphatic rings. The minimum Gasteiger partial charge on any atom is -0.335 e. The van der Waals surface area contributed by atoms with Crippen LogP contribution < -0.4 is 0 Å². The van der Waals surface area contributed by atoms with Gasteiger partial charge in [0, 0.05) is 25.4 Å². The van der Waals surface area contributed by atoms with Gasteiger partial charge in [0.15, 0.2) is 0 Å². The van der Waals surface area contributed by atoms with Gasteiger partial charge in [-0.25, -0.2) is 4.98 Å². The van der Waals surface area contributed by atoms with E-state index in [2.05, 4.69) is 39.5 Å². The third kappa shape index (κ3) is 2.69. The summed E-state index contributed by atoms with van der Waals surface area (Å²) in [6, 6.07) is 2.20. The Morgan fingerprint density at radius 3 is 3.07 bits per heavy atom. The van der Waals surface area contributed by atoms with Crippen LogP contribution in [0.5, 0.6) is 0 Å². The molecule has 0 aliphatic heterocycles. The van der Waals surface area contributed by atoms with E-state index in [1.165, 1.54) is 11.4 Å². The van der Waals surface area contributed by atoms with E-state index in [9.17, 15) is 0 Å². The lowest BCUT2D eigenvalue weighted by molar-refractivity contribution is 0.643. The van der Waals surface area contributed by atoms with Crippen LogP contribution in [0.15, 0.2) is 29.2 Å². The standard InChI is InChI=1S/C12H16N2S/c1-2-3-12-13-6-8-14(12)7-4-11-5-9-15-10-11/h5-6,8-10H,2-4,7H2,1H3. The highest BCUT2D eigenvalue weighted by Crippen LogP contribution is 2.09. The Kier molecular flexibility index (Phi) is 3.56. The molecule has 3 heteroatoms. The SMILES string of the molecule is CCCc1nccn1CCc1ccsc1. The summed E-state index contributed by atoms with van der Waals surface area (Å²) in [5, 5.41) is 4.35. The van der Waals surface area contributed by atoms with Crippen molar-refractivity contribution in [1.82, 2.24) is 9.55 Å². The number of aryl methyl sites for hydroxylation is 3. The predicted molar refractivity (Wildman–Crippen MR) is 64.2 cm³/mol. The molecule has 2 aromatic heterocycles. The average Bonchev–Trinajstić information content (AvgIpc) is 2.85. The summed E-state index contributed by atoms with van der Waals surface area (Å²) in [5.74, 6) is 1.22. The first-order valence-electron chi connectivity index (χ1n) is 5.41. The molecule has 0 amide bonds. The summed E-state index contributed by atoms with van der Waals surface area (Å²) in [6.07, 6.45) is 7.33. The topological polar surface area (TPSA) is 17.8 Å². The molecule has 0 saturated heterocycles. The molecule has 0 radical (unpaired) electrons. The molecule has 0 fully saturated rings. The predicted octanol–water partition coefficient (Wildman–Crippen LogP) is 3.14. The van der Waals surface area contributed by atoms with Crippen molar-refractivity contribution in [3.05, 3.63) is 40.6 Å². The van der Waals surface area contributed by atoms with Crippen molar-refractivity contribution in [2.24, 2.45) is 0 Å². The molecular formula is C12H16N2S.